The lowest BCUT2D eigenvalue weighted by atomic mass is 9.72. The summed E-state index contributed by atoms with van der Waals surface area (Å²) in [5, 5.41) is 9.83. The van der Waals surface area contributed by atoms with Crippen LogP contribution in [0.3, 0.4) is 0 Å². The van der Waals surface area contributed by atoms with Gasteiger partial charge in [0, 0.05) is 43.8 Å². The number of aliphatic carboxylic acids is 1. The van der Waals surface area contributed by atoms with E-state index in [4.69, 9.17) is 9.47 Å². The quantitative estimate of drug-likeness (QED) is 0.604. The average molecular weight is 431 g/mol. The van der Waals surface area contributed by atoms with Gasteiger partial charge in [-0.3, -0.25) is 9.69 Å². The van der Waals surface area contributed by atoms with Gasteiger partial charge in [-0.1, -0.05) is 24.6 Å². The van der Waals surface area contributed by atoms with Crippen LogP contribution in [0.15, 0.2) is 24.3 Å². The molecule has 0 aliphatic carbocycles. The van der Waals surface area contributed by atoms with Crippen LogP contribution in [-0.4, -0.2) is 73.4 Å². The molecule has 0 aromatic heterocycles. The Hall–Kier alpha value is -1.63. The number of hydrogen-bond acceptors (Lipinski definition) is 5. The van der Waals surface area contributed by atoms with Crippen molar-refractivity contribution in [2.24, 2.45) is 11.3 Å². The van der Waals surface area contributed by atoms with E-state index in [-0.39, 0.29) is 11.3 Å². The fourth-order valence-corrected chi connectivity index (χ4v) is 5.64. The number of carbonyl (C=O) groups is 1. The summed E-state index contributed by atoms with van der Waals surface area (Å²) in [4.78, 5) is 16.8. The van der Waals surface area contributed by atoms with E-state index in [0.717, 1.165) is 50.3 Å². The smallest absolute Gasteiger partial charge is 0.308 e. The van der Waals surface area contributed by atoms with E-state index >= 15 is 0 Å². The van der Waals surface area contributed by atoms with E-state index in [1.807, 2.05) is 12.1 Å². The first-order valence-electron chi connectivity index (χ1n) is 12.1. The van der Waals surface area contributed by atoms with Crippen molar-refractivity contribution in [1.82, 2.24) is 9.80 Å². The van der Waals surface area contributed by atoms with E-state index in [9.17, 15) is 9.90 Å². The van der Waals surface area contributed by atoms with E-state index in [2.05, 4.69) is 21.9 Å². The Bertz CT molecular complexity index is 713. The highest BCUT2D eigenvalue weighted by atomic mass is 16.5. The molecule has 6 heteroatoms. The lowest BCUT2D eigenvalue weighted by Gasteiger charge is -2.36. The second-order valence-corrected chi connectivity index (χ2v) is 9.60. The summed E-state index contributed by atoms with van der Waals surface area (Å²) in [5.74, 6) is -0.0258. The number of hydrogen-bond donors (Lipinski definition) is 1. The molecule has 3 heterocycles. The maximum Gasteiger partial charge on any atom is 0.308 e. The predicted molar refractivity (Wildman–Crippen MR) is 120 cm³/mol. The molecule has 3 saturated heterocycles. The van der Waals surface area contributed by atoms with Crippen molar-refractivity contribution >= 4 is 5.97 Å². The zero-order valence-corrected chi connectivity index (χ0v) is 18.8. The maximum atomic E-state index is 12.0. The largest absolute Gasteiger partial charge is 0.493 e. The fourth-order valence-electron chi connectivity index (χ4n) is 5.64. The second kappa shape index (κ2) is 10.8. The summed E-state index contributed by atoms with van der Waals surface area (Å²) in [6.07, 6.45) is 8.01. The van der Waals surface area contributed by atoms with Crippen molar-refractivity contribution in [1.29, 1.82) is 0 Å². The first-order chi connectivity index (χ1) is 15.2. The summed E-state index contributed by atoms with van der Waals surface area (Å²) >= 11 is 0. The Morgan fingerprint density at radius 3 is 2.65 bits per heavy atom. The highest BCUT2D eigenvalue weighted by Crippen LogP contribution is 2.45. The minimum atomic E-state index is -0.664. The summed E-state index contributed by atoms with van der Waals surface area (Å²) in [6, 6.07) is 8.24. The number of piperidine rings is 1. The molecule has 31 heavy (non-hydrogen) atoms. The molecule has 1 atom stereocenters. The molecule has 4 rings (SSSR count). The molecule has 1 aromatic carbocycles. The molecule has 172 valence electrons. The molecular weight excluding hydrogens is 392 g/mol. The van der Waals surface area contributed by atoms with Gasteiger partial charge in [0.25, 0.3) is 0 Å². The van der Waals surface area contributed by atoms with Gasteiger partial charge in [-0.05, 0) is 64.2 Å². The Morgan fingerprint density at radius 1 is 1.10 bits per heavy atom. The van der Waals surface area contributed by atoms with E-state index in [0.29, 0.717) is 19.8 Å². The van der Waals surface area contributed by atoms with Crippen molar-refractivity contribution in [3.8, 4) is 5.75 Å². The number of rotatable bonds is 9. The number of unbranched alkanes of at least 4 members (excludes halogenated alkanes) is 1. The molecule has 0 saturated carbocycles. The van der Waals surface area contributed by atoms with Gasteiger partial charge >= 0.3 is 5.97 Å². The van der Waals surface area contributed by atoms with E-state index < -0.39 is 5.97 Å². The number of nitrogens with zero attached hydrogens (tertiary/aromatic N) is 2. The molecule has 0 bridgehead atoms. The van der Waals surface area contributed by atoms with Crippen molar-refractivity contribution in [3.05, 3.63) is 29.8 Å². The predicted octanol–water partition coefficient (Wildman–Crippen LogP) is 3.64. The van der Waals surface area contributed by atoms with Crippen LogP contribution >= 0.6 is 0 Å². The third kappa shape index (κ3) is 5.79. The van der Waals surface area contributed by atoms with Gasteiger partial charge in [0.05, 0.1) is 12.5 Å². The normalized spacial score (nSPS) is 24.5. The number of carboxylic acid groups (broad SMARTS) is 1. The van der Waals surface area contributed by atoms with Gasteiger partial charge < -0.3 is 19.5 Å². The van der Waals surface area contributed by atoms with Gasteiger partial charge in [0.15, 0.2) is 0 Å². The lowest BCUT2D eigenvalue weighted by molar-refractivity contribution is -0.147. The third-order valence-electron chi connectivity index (χ3n) is 7.45. The van der Waals surface area contributed by atoms with Gasteiger partial charge in [0.1, 0.15) is 5.75 Å². The van der Waals surface area contributed by atoms with Crippen molar-refractivity contribution in [2.45, 2.75) is 51.5 Å². The molecule has 1 spiro atoms. The second-order valence-electron chi connectivity index (χ2n) is 9.60. The van der Waals surface area contributed by atoms with Crippen LogP contribution in [0.5, 0.6) is 5.75 Å². The lowest BCUT2D eigenvalue weighted by Crippen LogP contribution is -2.40. The minimum absolute atomic E-state index is 0.145. The molecule has 3 aliphatic rings. The molecule has 1 unspecified atom stereocenters. The van der Waals surface area contributed by atoms with Gasteiger partial charge in [-0.2, -0.15) is 0 Å². The van der Waals surface area contributed by atoms with Crippen LogP contribution in [0.1, 0.15) is 50.5 Å². The van der Waals surface area contributed by atoms with Crippen LogP contribution in [-0.2, 0) is 16.1 Å². The highest BCUT2D eigenvalue weighted by Gasteiger charge is 2.50. The Morgan fingerprint density at radius 2 is 1.87 bits per heavy atom. The summed E-state index contributed by atoms with van der Waals surface area (Å²) in [7, 11) is 0. The Kier molecular flexibility index (Phi) is 7.86. The van der Waals surface area contributed by atoms with Gasteiger partial charge in [-0.25, -0.2) is 0 Å². The molecule has 3 aliphatic heterocycles. The first kappa shape index (κ1) is 22.6. The minimum Gasteiger partial charge on any atom is -0.493 e. The molecular formula is C25H38N2O4. The van der Waals surface area contributed by atoms with E-state index in [1.165, 1.54) is 45.3 Å². The number of benzene rings is 1. The van der Waals surface area contributed by atoms with Gasteiger partial charge in [-0.15, -0.1) is 0 Å². The van der Waals surface area contributed by atoms with Gasteiger partial charge in [0.2, 0.25) is 0 Å². The molecule has 0 amide bonds. The number of ether oxygens (including phenoxy) is 2. The third-order valence-corrected chi connectivity index (χ3v) is 7.45. The summed E-state index contributed by atoms with van der Waals surface area (Å²) < 4.78 is 11.7. The highest BCUT2D eigenvalue weighted by molar-refractivity contribution is 5.72. The number of carboxylic acids is 1. The molecule has 1 N–H and O–H groups in total. The SMILES string of the molecule is O=C(O)C1CN(Cc2ccccc2OCCCCN2CCCCC2)CC12CCOCC2. The zero-order chi connectivity index (χ0) is 21.5. The number of para-hydroxylation sites is 1. The Balaban J connectivity index is 1.28. The van der Waals surface area contributed by atoms with Crippen molar-refractivity contribution < 1.29 is 19.4 Å². The molecule has 0 radical (unpaired) electrons. The summed E-state index contributed by atoms with van der Waals surface area (Å²) in [6.45, 7) is 7.97. The monoisotopic (exact) mass is 430 g/mol. The molecule has 6 nitrogen and oxygen atoms in total. The number of likely N-dealkylation sites (tertiary alicyclic amines) is 2. The fraction of sp³-hybridized carbons (Fsp3) is 0.720. The van der Waals surface area contributed by atoms with Crippen LogP contribution in [0.4, 0.5) is 0 Å². The van der Waals surface area contributed by atoms with Crippen LogP contribution in [0.25, 0.3) is 0 Å². The molecule has 3 fully saturated rings. The topological polar surface area (TPSA) is 62.2 Å². The zero-order valence-electron chi connectivity index (χ0n) is 18.8. The van der Waals surface area contributed by atoms with E-state index in [1.54, 1.807) is 0 Å². The standard InChI is InChI=1S/C25H38N2O4/c28-24(29)22-19-27(20-25(22)10-16-30-17-11-25)18-21-8-2-3-9-23(21)31-15-7-6-14-26-12-4-1-5-13-26/h2-3,8-9,22H,1,4-7,10-20H2,(H,28,29). The average Bonchev–Trinajstić information content (AvgIpc) is 3.13. The van der Waals surface area contributed by atoms with Crippen molar-refractivity contribution in [3.63, 3.8) is 0 Å². The summed E-state index contributed by atoms with van der Waals surface area (Å²) in [5.41, 5.74) is 1.01. The molecule has 1 aromatic rings. The first-order valence-corrected chi connectivity index (χ1v) is 12.1. The van der Waals surface area contributed by atoms with Crippen LogP contribution in [0.2, 0.25) is 0 Å². The Labute approximate surface area is 186 Å². The van der Waals surface area contributed by atoms with Crippen LogP contribution < -0.4 is 4.74 Å². The van der Waals surface area contributed by atoms with Crippen molar-refractivity contribution in [2.75, 3.05) is 52.5 Å². The van der Waals surface area contributed by atoms with Crippen LogP contribution in [0, 0.1) is 11.3 Å². The maximum absolute atomic E-state index is 12.0.